The van der Waals surface area contributed by atoms with Crippen LogP contribution in [0.1, 0.15) is 19.0 Å². The minimum absolute atomic E-state index is 0.0771. The fourth-order valence-corrected chi connectivity index (χ4v) is 3.19. The van der Waals surface area contributed by atoms with Gasteiger partial charge in [-0.25, -0.2) is 4.98 Å². The maximum absolute atomic E-state index is 12.7. The number of carbonyl (C=O) groups excluding carboxylic acids is 1. The quantitative estimate of drug-likeness (QED) is 0.674. The van der Waals surface area contributed by atoms with E-state index in [2.05, 4.69) is 9.55 Å². The molecule has 0 radical (unpaired) electrons. The van der Waals surface area contributed by atoms with Gasteiger partial charge in [0.1, 0.15) is 5.82 Å². The first-order chi connectivity index (χ1) is 11.2. The van der Waals surface area contributed by atoms with Crippen molar-refractivity contribution in [3.63, 3.8) is 0 Å². The molecule has 0 atom stereocenters. The van der Waals surface area contributed by atoms with Crippen molar-refractivity contribution in [3.05, 3.63) is 60.4 Å². The Morgan fingerprint density at radius 1 is 1.00 bits per heavy atom. The van der Waals surface area contributed by atoms with E-state index in [1.807, 2.05) is 73.5 Å². The van der Waals surface area contributed by atoms with Gasteiger partial charge in [0.2, 0.25) is 5.91 Å². The third-order valence-corrected chi connectivity index (χ3v) is 4.24. The average Bonchev–Trinajstić information content (AvgIpc) is 2.91. The summed E-state index contributed by atoms with van der Waals surface area (Å²) in [6.07, 6.45) is 2.32. The summed E-state index contributed by atoms with van der Waals surface area (Å²) in [5, 5.41) is 0. The van der Waals surface area contributed by atoms with Crippen molar-refractivity contribution >= 4 is 17.3 Å². The fraction of sp³-hybridized carbons (Fsp3) is 0.158. The molecule has 0 saturated carbocycles. The first-order valence-corrected chi connectivity index (χ1v) is 7.78. The lowest BCUT2D eigenvalue weighted by Gasteiger charge is -2.24. The van der Waals surface area contributed by atoms with E-state index in [-0.39, 0.29) is 5.91 Å². The van der Waals surface area contributed by atoms with Gasteiger partial charge in [0.05, 0.1) is 17.1 Å². The van der Waals surface area contributed by atoms with Gasteiger partial charge in [0.15, 0.2) is 0 Å². The van der Waals surface area contributed by atoms with Crippen molar-refractivity contribution in [1.82, 2.24) is 9.55 Å². The molecule has 0 unspecified atom stereocenters. The lowest BCUT2D eigenvalue weighted by Crippen LogP contribution is -2.25. The van der Waals surface area contributed by atoms with Crippen LogP contribution in [0.25, 0.3) is 17.1 Å². The number of hydrogen-bond acceptors (Lipinski definition) is 2. The van der Waals surface area contributed by atoms with E-state index >= 15 is 0 Å². The fourth-order valence-electron chi connectivity index (χ4n) is 3.19. The number of hydrogen-bond donors (Lipinski definition) is 0. The molecule has 0 saturated heterocycles. The molecule has 0 aliphatic carbocycles. The Morgan fingerprint density at radius 2 is 1.65 bits per heavy atom. The Balaban J connectivity index is 2.15. The number of aromatic nitrogens is 2. The van der Waals surface area contributed by atoms with Crippen LogP contribution in [0.5, 0.6) is 0 Å². The van der Waals surface area contributed by atoms with Crippen LogP contribution in [-0.4, -0.2) is 15.5 Å². The number of nitrogens with zero attached hydrogens (tertiary/aromatic N) is 3. The highest BCUT2D eigenvalue weighted by molar-refractivity contribution is 6.06. The van der Waals surface area contributed by atoms with Gasteiger partial charge in [-0.1, -0.05) is 31.2 Å². The number of benzene rings is 2. The number of imidazole rings is 1. The van der Waals surface area contributed by atoms with Crippen LogP contribution in [0.3, 0.4) is 0 Å². The van der Waals surface area contributed by atoms with E-state index in [0.29, 0.717) is 6.42 Å². The van der Waals surface area contributed by atoms with Crippen molar-refractivity contribution in [2.45, 2.75) is 20.3 Å². The van der Waals surface area contributed by atoms with E-state index in [0.717, 1.165) is 34.1 Å². The number of aryl methyl sites for hydroxylation is 1. The predicted octanol–water partition coefficient (Wildman–Crippen LogP) is 4.24. The number of para-hydroxylation sites is 3. The second kappa shape index (κ2) is 5.09. The Labute approximate surface area is 135 Å². The van der Waals surface area contributed by atoms with Crippen LogP contribution in [0.15, 0.2) is 54.7 Å². The highest BCUT2D eigenvalue weighted by Crippen LogP contribution is 2.42. The molecule has 0 bridgehead atoms. The minimum atomic E-state index is 0.0771. The van der Waals surface area contributed by atoms with Crippen LogP contribution in [-0.2, 0) is 4.79 Å². The third-order valence-electron chi connectivity index (χ3n) is 4.24. The number of rotatable bonds is 1. The zero-order chi connectivity index (χ0) is 16.0. The summed E-state index contributed by atoms with van der Waals surface area (Å²) in [6, 6.07) is 15.9. The zero-order valence-electron chi connectivity index (χ0n) is 13.2. The second-order valence-electron chi connectivity index (χ2n) is 5.65. The largest absolute Gasteiger partial charge is 0.295 e. The molecule has 4 heteroatoms. The smallest absolute Gasteiger partial charge is 0.231 e. The summed E-state index contributed by atoms with van der Waals surface area (Å²) in [5.74, 6) is 0.949. The maximum Gasteiger partial charge on any atom is 0.231 e. The first kappa shape index (κ1) is 13.8. The molecule has 1 aliphatic heterocycles. The Kier molecular flexibility index (Phi) is 3.05. The number of fused-ring (bicyclic) bond motifs is 5. The zero-order valence-corrected chi connectivity index (χ0v) is 13.2. The predicted molar refractivity (Wildman–Crippen MR) is 91.2 cm³/mol. The van der Waals surface area contributed by atoms with Crippen molar-refractivity contribution in [2.75, 3.05) is 4.90 Å². The summed E-state index contributed by atoms with van der Waals surface area (Å²) in [5.41, 5.74) is 4.78. The minimum Gasteiger partial charge on any atom is -0.295 e. The van der Waals surface area contributed by atoms with Gasteiger partial charge in [-0.15, -0.1) is 0 Å². The monoisotopic (exact) mass is 303 g/mol. The number of amides is 1. The molecule has 0 spiro atoms. The molecule has 114 valence electrons. The molecule has 23 heavy (non-hydrogen) atoms. The molecule has 3 aromatic rings. The summed E-state index contributed by atoms with van der Waals surface area (Å²) >= 11 is 0. The van der Waals surface area contributed by atoms with Gasteiger partial charge in [-0.3, -0.25) is 14.3 Å². The Bertz CT molecular complexity index is 910. The lowest BCUT2D eigenvalue weighted by molar-refractivity contribution is -0.117. The molecule has 2 heterocycles. The van der Waals surface area contributed by atoms with Gasteiger partial charge in [0, 0.05) is 23.9 Å². The van der Waals surface area contributed by atoms with E-state index < -0.39 is 0 Å². The summed E-state index contributed by atoms with van der Waals surface area (Å²) in [4.78, 5) is 19.1. The summed E-state index contributed by atoms with van der Waals surface area (Å²) in [7, 11) is 0. The van der Waals surface area contributed by atoms with E-state index in [9.17, 15) is 4.79 Å². The molecule has 1 aliphatic rings. The van der Waals surface area contributed by atoms with Gasteiger partial charge >= 0.3 is 0 Å². The molecule has 0 N–H and O–H groups in total. The van der Waals surface area contributed by atoms with E-state index in [4.69, 9.17) is 0 Å². The third kappa shape index (κ3) is 1.91. The first-order valence-electron chi connectivity index (χ1n) is 7.78. The molecular formula is C19H17N3O. The average molecular weight is 303 g/mol. The van der Waals surface area contributed by atoms with Crippen LogP contribution < -0.4 is 4.90 Å². The van der Waals surface area contributed by atoms with Gasteiger partial charge in [0.25, 0.3) is 0 Å². The van der Waals surface area contributed by atoms with Crippen LogP contribution in [0, 0.1) is 6.92 Å². The SMILES string of the molecule is CCC(=O)N1c2ccccc2-c2ncc(C)n2-c2ccccc21. The van der Waals surface area contributed by atoms with E-state index in [1.165, 1.54) is 0 Å². The molecule has 1 aromatic heterocycles. The Morgan fingerprint density at radius 3 is 2.39 bits per heavy atom. The molecule has 1 amide bonds. The van der Waals surface area contributed by atoms with Gasteiger partial charge in [-0.2, -0.15) is 0 Å². The molecule has 0 fully saturated rings. The molecule has 4 nitrogen and oxygen atoms in total. The second-order valence-corrected chi connectivity index (χ2v) is 5.65. The normalized spacial score (nSPS) is 12.2. The molecule has 4 rings (SSSR count). The van der Waals surface area contributed by atoms with Crippen molar-refractivity contribution in [1.29, 1.82) is 0 Å². The highest BCUT2D eigenvalue weighted by Gasteiger charge is 2.28. The number of carbonyl (C=O) groups is 1. The number of anilines is 2. The van der Waals surface area contributed by atoms with Crippen molar-refractivity contribution in [3.8, 4) is 17.1 Å². The van der Waals surface area contributed by atoms with Crippen LogP contribution >= 0.6 is 0 Å². The summed E-state index contributed by atoms with van der Waals surface area (Å²) in [6.45, 7) is 3.93. The van der Waals surface area contributed by atoms with Crippen LogP contribution in [0.2, 0.25) is 0 Å². The summed E-state index contributed by atoms with van der Waals surface area (Å²) < 4.78 is 2.12. The van der Waals surface area contributed by atoms with Crippen molar-refractivity contribution < 1.29 is 4.79 Å². The standard InChI is InChI=1S/C19H17N3O/c1-3-18(23)22-15-9-5-4-8-14(15)19-20-12-13(2)21(19)16-10-6-7-11-17(16)22/h4-12H,3H2,1-2H3. The Hall–Kier alpha value is -2.88. The van der Waals surface area contributed by atoms with E-state index in [1.54, 1.807) is 0 Å². The lowest BCUT2D eigenvalue weighted by atomic mass is 10.1. The van der Waals surface area contributed by atoms with Crippen molar-refractivity contribution in [2.24, 2.45) is 0 Å². The van der Waals surface area contributed by atoms with Gasteiger partial charge in [-0.05, 0) is 31.2 Å². The van der Waals surface area contributed by atoms with Gasteiger partial charge < -0.3 is 0 Å². The highest BCUT2D eigenvalue weighted by atomic mass is 16.2. The molecular weight excluding hydrogens is 286 g/mol. The topological polar surface area (TPSA) is 38.1 Å². The molecule has 2 aromatic carbocycles. The van der Waals surface area contributed by atoms with Crippen LogP contribution in [0.4, 0.5) is 11.4 Å². The maximum atomic E-state index is 12.7.